The van der Waals surface area contributed by atoms with Gasteiger partial charge in [-0.25, -0.2) is 24.9 Å². The zero-order valence-corrected chi connectivity index (χ0v) is 31.3. The first-order valence-electron chi connectivity index (χ1n) is 19.2. The van der Waals surface area contributed by atoms with Crippen LogP contribution in [0.2, 0.25) is 0 Å². The maximum absolute atomic E-state index is 6.35. The molecule has 6 heterocycles. The van der Waals surface area contributed by atoms with Crippen molar-refractivity contribution in [2.24, 2.45) is 0 Å². The van der Waals surface area contributed by atoms with Crippen LogP contribution in [0, 0.1) is 0 Å². The van der Waals surface area contributed by atoms with Gasteiger partial charge in [-0.05, 0) is 66.7 Å². The molecule has 0 saturated carbocycles. The molecule has 9 heteroatoms. The van der Waals surface area contributed by atoms with E-state index in [4.69, 9.17) is 39.3 Å². The van der Waals surface area contributed by atoms with Crippen molar-refractivity contribution in [2.75, 3.05) is 0 Å². The molecule has 0 spiro atoms. The molecule has 0 saturated heterocycles. The van der Waals surface area contributed by atoms with Crippen LogP contribution in [0.4, 0.5) is 0 Å². The predicted octanol–water partition coefficient (Wildman–Crippen LogP) is 11.6. The molecule has 0 fully saturated rings. The number of oxazole rings is 1. The van der Waals surface area contributed by atoms with Gasteiger partial charge in [0, 0.05) is 68.3 Å². The molecule has 0 N–H and O–H groups in total. The highest BCUT2D eigenvalue weighted by Crippen LogP contribution is 2.37. The summed E-state index contributed by atoms with van der Waals surface area (Å²) < 4.78 is 6.35. The maximum Gasteiger partial charge on any atom is 0.228 e. The lowest BCUT2D eigenvalue weighted by Crippen LogP contribution is -1.99. The van der Waals surface area contributed by atoms with E-state index in [0.717, 1.165) is 72.1 Å². The Balaban J connectivity index is 1.17. The Morgan fingerprint density at radius 3 is 1.32 bits per heavy atom. The molecule has 11 aromatic rings. The molecule has 0 aliphatic rings. The molecule has 0 unspecified atom stereocenters. The van der Waals surface area contributed by atoms with Gasteiger partial charge in [-0.15, -0.1) is 0 Å². The topological polar surface area (TPSA) is 116 Å². The predicted molar refractivity (Wildman–Crippen MR) is 232 cm³/mol. The third-order valence-corrected chi connectivity index (χ3v) is 10.3. The van der Waals surface area contributed by atoms with E-state index in [1.54, 1.807) is 18.6 Å². The monoisotopic (exact) mass is 758 g/mol. The molecule has 0 radical (unpaired) electrons. The highest BCUT2D eigenvalue weighted by atomic mass is 16.3. The molecule has 276 valence electrons. The van der Waals surface area contributed by atoms with Crippen molar-refractivity contribution in [3.63, 3.8) is 0 Å². The molecule has 11 rings (SSSR count). The zero-order valence-electron chi connectivity index (χ0n) is 31.3. The SMILES string of the molecule is c1ccc(-c2cc(-c3cc(-c4cc(-c5ccccc5)nc(-c5cccc6cccnc56)n4)cc(-c4nc5ncccc5o4)c3)nc(-c3cccc4cccnc34)n2)cc1. The van der Waals surface area contributed by atoms with Crippen molar-refractivity contribution < 1.29 is 4.42 Å². The second kappa shape index (κ2) is 14.3. The van der Waals surface area contributed by atoms with Gasteiger partial charge in [0.15, 0.2) is 22.9 Å². The number of fused-ring (bicyclic) bond motifs is 3. The number of rotatable bonds is 7. The lowest BCUT2D eigenvalue weighted by Gasteiger charge is -2.14. The summed E-state index contributed by atoms with van der Waals surface area (Å²) in [6.45, 7) is 0. The highest BCUT2D eigenvalue weighted by molar-refractivity contribution is 5.94. The van der Waals surface area contributed by atoms with Crippen LogP contribution in [-0.4, -0.2) is 39.9 Å². The minimum absolute atomic E-state index is 0.424. The van der Waals surface area contributed by atoms with Crippen molar-refractivity contribution in [2.45, 2.75) is 0 Å². The first-order valence-corrected chi connectivity index (χ1v) is 19.2. The van der Waals surface area contributed by atoms with Gasteiger partial charge >= 0.3 is 0 Å². The molecule has 0 aliphatic carbocycles. The summed E-state index contributed by atoms with van der Waals surface area (Å²) in [4.78, 5) is 39.6. The Morgan fingerprint density at radius 2 is 0.797 bits per heavy atom. The van der Waals surface area contributed by atoms with E-state index in [-0.39, 0.29) is 0 Å². The van der Waals surface area contributed by atoms with Crippen LogP contribution < -0.4 is 0 Å². The van der Waals surface area contributed by atoms with Gasteiger partial charge in [-0.2, -0.15) is 4.98 Å². The van der Waals surface area contributed by atoms with Crippen LogP contribution in [0.3, 0.4) is 0 Å². The number of benzene rings is 5. The zero-order chi connectivity index (χ0) is 39.1. The van der Waals surface area contributed by atoms with Gasteiger partial charge in [-0.1, -0.05) is 97.1 Å². The fourth-order valence-corrected chi connectivity index (χ4v) is 7.45. The van der Waals surface area contributed by atoms with E-state index in [1.165, 1.54) is 0 Å². The molecule has 0 aliphatic heterocycles. The van der Waals surface area contributed by atoms with E-state index >= 15 is 0 Å². The summed E-state index contributed by atoms with van der Waals surface area (Å²) in [5, 5.41) is 2.01. The first kappa shape index (κ1) is 34.0. The van der Waals surface area contributed by atoms with Gasteiger partial charge < -0.3 is 4.42 Å². The normalized spacial score (nSPS) is 11.4. The van der Waals surface area contributed by atoms with Crippen molar-refractivity contribution in [1.82, 2.24) is 39.9 Å². The molecule has 6 aromatic heterocycles. The summed E-state index contributed by atoms with van der Waals surface area (Å²) >= 11 is 0. The summed E-state index contributed by atoms with van der Waals surface area (Å²) in [5.74, 6) is 1.54. The number of aromatic nitrogens is 8. The summed E-state index contributed by atoms with van der Waals surface area (Å²) in [6.07, 6.45) is 5.31. The van der Waals surface area contributed by atoms with Gasteiger partial charge in [-0.3, -0.25) is 9.97 Å². The van der Waals surface area contributed by atoms with E-state index in [9.17, 15) is 0 Å². The van der Waals surface area contributed by atoms with E-state index in [2.05, 4.69) is 35.3 Å². The van der Waals surface area contributed by atoms with Crippen LogP contribution in [0.15, 0.2) is 187 Å². The Labute approximate surface area is 337 Å². The lowest BCUT2D eigenvalue weighted by molar-refractivity contribution is 0.619. The third kappa shape index (κ3) is 6.42. The number of nitrogens with zero attached hydrogens (tertiary/aromatic N) is 8. The number of hydrogen-bond acceptors (Lipinski definition) is 9. The summed E-state index contributed by atoms with van der Waals surface area (Å²) in [7, 11) is 0. The molecule has 5 aromatic carbocycles. The number of para-hydroxylation sites is 2. The van der Waals surface area contributed by atoms with Crippen LogP contribution in [0.5, 0.6) is 0 Å². The first-order chi connectivity index (χ1) is 29.2. The molecule has 59 heavy (non-hydrogen) atoms. The Bertz CT molecular complexity index is 3120. The van der Waals surface area contributed by atoms with Gasteiger partial charge in [0.25, 0.3) is 0 Å². The minimum Gasteiger partial charge on any atom is -0.434 e. The van der Waals surface area contributed by atoms with Crippen molar-refractivity contribution in [3.05, 3.63) is 182 Å². The second-order valence-corrected chi connectivity index (χ2v) is 14.1. The molecular formula is C50H30N8O. The molecular weight excluding hydrogens is 729 g/mol. The smallest absolute Gasteiger partial charge is 0.228 e. The Hall–Kier alpha value is -8.30. The van der Waals surface area contributed by atoms with Gasteiger partial charge in [0.05, 0.1) is 33.8 Å². The van der Waals surface area contributed by atoms with Crippen LogP contribution in [-0.2, 0) is 0 Å². The lowest BCUT2D eigenvalue weighted by atomic mass is 9.98. The number of hydrogen-bond donors (Lipinski definition) is 0. The Morgan fingerprint density at radius 1 is 0.339 bits per heavy atom. The minimum atomic E-state index is 0.424. The maximum atomic E-state index is 6.35. The Kier molecular flexibility index (Phi) is 8.25. The molecule has 0 atom stereocenters. The molecule has 9 nitrogen and oxygen atoms in total. The average molecular weight is 759 g/mol. The number of pyridine rings is 3. The van der Waals surface area contributed by atoms with Crippen LogP contribution in [0.25, 0.3) is 112 Å². The van der Waals surface area contributed by atoms with Crippen molar-refractivity contribution in [3.8, 4) is 79.3 Å². The van der Waals surface area contributed by atoms with Crippen LogP contribution >= 0.6 is 0 Å². The molecule has 0 amide bonds. The quantitative estimate of drug-likeness (QED) is 0.156. The van der Waals surface area contributed by atoms with Gasteiger partial charge in [0.2, 0.25) is 5.89 Å². The average Bonchev–Trinajstić information content (AvgIpc) is 3.76. The van der Waals surface area contributed by atoms with Crippen molar-refractivity contribution >= 4 is 33.0 Å². The van der Waals surface area contributed by atoms with E-state index < -0.39 is 0 Å². The fourth-order valence-electron chi connectivity index (χ4n) is 7.45. The standard InChI is InChI=1S/C50H30N8O/c1-3-12-31(13-4-1)40-29-42(56-47(54-40)38-20-7-16-33-18-9-23-51-45(33)38)35-26-36(28-37(27-35)50-58-49-44(59-50)22-11-25-53-49)43-30-41(32-14-5-2-6-15-32)55-48(57-43)39-21-8-17-34-19-10-24-52-46(34)39/h1-30H. The fraction of sp³-hybridized carbons (Fsp3) is 0. The van der Waals surface area contributed by atoms with E-state index in [1.807, 2.05) is 133 Å². The van der Waals surface area contributed by atoms with E-state index in [0.29, 0.717) is 40.2 Å². The largest absolute Gasteiger partial charge is 0.434 e. The van der Waals surface area contributed by atoms with Crippen molar-refractivity contribution in [1.29, 1.82) is 0 Å². The van der Waals surface area contributed by atoms with Gasteiger partial charge in [0.1, 0.15) is 0 Å². The molecule has 0 bridgehead atoms. The third-order valence-electron chi connectivity index (χ3n) is 10.3. The van der Waals surface area contributed by atoms with Crippen LogP contribution in [0.1, 0.15) is 0 Å². The second-order valence-electron chi connectivity index (χ2n) is 14.1. The summed E-state index contributed by atoms with van der Waals surface area (Å²) in [5.41, 5.74) is 11.7. The highest BCUT2D eigenvalue weighted by Gasteiger charge is 2.20. The summed E-state index contributed by atoms with van der Waals surface area (Å²) in [6, 6.07) is 54.4.